The van der Waals surface area contributed by atoms with Gasteiger partial charge in [0, 0.05) is 19.1 Å². The number of nitrogens with zero attached hydrogens (tertiary/aromatic N) is 1. The van der Waals surface area contributed by atoms with Crippen LogP contribution in [0.5, 0.6) is 5.75 Å². The van der Waals surface area contributed by atoms with Gasteiger partial charge in [0.05, 0.1) is 5.39 Å². The molecule has 0 atom stereocenters. The lowest BCUT2D eigenvalue weighted by Gasteiger charge is -2.11. The molecule has 2 aromatic carbocycles. The summed E-state index contributed by atoms with van der Waals surface area (Å²) in [5.41, 5.74) is 2.37. The molecule has 20 heavy (non-hydrogen) atoms. The van der Waals surface area contributed by atoms with Gasteiger partial charge in [0.15, 0.2) is 5.69 Å². The maximum atomic E-state index is 12.0. The van der Waals surface area contributed by atoms with Gasteiger partial charge in [-0.05, 0) is 11.6 Å². The quantitative estimate of drug-likeness (QED) is 0.538. The Kier molecular flexibility index (Phi) is 3.25. The third kappa shape index (κ3) is 2.30. The van der Waals surface area contributed by atoms with Crippen LogP contribution in [0.2, 0.25) is 0 Å². The smallest absolute Gasteiger partial charge is 0.227 e. The van der Waals surface area contributed by atoms with Crippen molar-refractivity contribution >= 4 is 10.9 Å². The molecule has 0 spiro atoms. The molecule has 3 nitrogen and oxygen atoms in total. The van der Waals surface area contributed by atoms with E-state index in [0.717, 1.165) is 21.4 Å². The summed E-state index contributed by atoms with van der Waals surface area (Å²) in [6.07, 6.45) is 0. The maximum Gasteiger partial charge on any atom is 0.227 e. The molecule has 3 rings (SSSR count). The third-order valence-electron chi connectivity index (χ3n) is 3.29. The van der Waals surface area contributed by atoms with Crippen molar-refractivity contribution in [3.05, 3.63) is 77.1 Å². The van der Waals surface area contributed by atoms with E-state index in [4.69, 9.17) is 4.74 Å². The molecule has 0 amide bonds. The molecule has 0 radical (unpaired) electrons. The lowest BCUT2D eigenvalue weighted by molar-refractivity contribution is -0.584. The monoisotopic (exact) mass is 265 g/mol. The van der Waals surface area contributed by atoms with E-state index in [0.29, 0.717) is 17.8 Å². The van der Waals surface area contributed by atoms with E-state index in [9.17, 15) is 5.21 Å². The molecule has 3 aromatic rings. The number of hydrogen-bond donors (Lipinski definition) is 0. The molecule has 0 saturated carbocycles. The molecule has 0 unspecified atom stereocenters. The van der Waals surface area contributed by atoms with Crippen LogP contribution in [0, 0.1) is 12.1 Å². The number of aromatic nitrogens is 1. The molecule has 0 fully saturated rings. The van der Waals surface area contributed by atoms with Crippen LogP contribution < -0.4 is 9.47 Å². The first-order valence-electron chi connectivity index (χ1n) is 6.54. The summed E-state index contributed by atoms with van der Waals surface area (Å²) in [7, 11) is 0. The zero-order valence-electron chi connectivity index (χ0n) is 11.2. The van der Waals surface area contributed by atoms with Gasteiger partial charge in [0.1, 0.15) is 12.4 Å². The average molecular weight is 265 g/mol. The van der Waals surface area contributed by atoms with Crippen LogP contribution in [0.15, 0.2) is 60.7 Å². The molecule has 3 heteroatoms. The van der Waals surface area contributed by atoms with Gasteiger partial charge in [0.2, 0.25) is 5.52 Å². The zero-order chi connectivity index (χ0) is 13.9. The molecule has 0 aliphatic rings. The Morgan fingerprint density at radius 3 is 2.50 bits per heavy atom. The number of hydrogen-bond acceptors (Lipinski definition) is 2. The largest absolute Gasteiger partial charge is 0.618 e. The highest BCUT2D eigenvalue weighted by Gasteiger charge is 2.12. The number of fused-ring (bicyclic) bond motifs is 1. The second kappa shape index (κ2) is 5.21. The van der Waals surface area contributed by atoms with E-state index in [2.05, 4.69) is 0 Å². The van der Waals surface area contributed by atoms with Crippen LogP contribution in [0.4, 0.5) is 0 Å². The molecule has 1 aromatic heterocycles. The van der Waals surface area contributed by atoms with E-state index in [1.54, 1.807) is 13.0 Å². The minimum absolute atomic E-state index is 0.493. The molecule has 0 aliphatic carbocycles. The first-order chi connectivity index (χ1) is 9.75. The normalized spacial score (nSPS) is 10.7. The molecule has 1 heterocycles. The van der Waals surface area contributed by atoms with Gasteiger partial charge >= 0.3 is 0 Å². The summed E-state index contributed by atoms with van der Waals surface area (Å²) >= 11 is 0. The molecule has 0 aliphatic heterocycles. The minimum Gasteiger partial charge on any atom is -0.618 e. The number of benzene rings is 2. The highest BCUT2D eigenvalue weighted by molar-refractivity contribution is 5.82. The number of para-hydroxylation sites is 1. The van der Waals surface area contributed by atoms with Gasteiger partial charge in [-0.25, -0.2) is 0 Å². The van der Waals surface area contributed by atoms with Gasteiger partial charge in [-0.15, -0.1) is 0 Å². The fraction of sp³-hybridized carbons (Fsp3) is 0.118. The first-order valence-corrected chi connectivity index (χ1v) is 6.54. The topological polar surface area (TPSA) is 36.2 Å². The van der Waals surface area contributed by atoms with Crippen LogP contribution in [0.1, 0.15) is 11.3 Å². The van der Waals surface area contributed by atoms with Crippen molar-refractivity contribution in [2.24, 2.45) is 0 Å². The molecule has 0 saturated heterocycles. The fourth-order valence-corrected chi connectivity index (χ4v) is 2.23. The summed E-state index contributed by atoms with van der Waals surface area (Å²) in [6.45, 7) is 2.28. The van der Waals surface area contributed by atoms with E-state index >= 15 is 0 Å². The Labute approximate surface area is 117 Å². The number of aryl methyl sites for hydroxylation is 1. The third-order valence-corrected chi connectivity index (χ3v) is 3.29. The predicted octanol–water partition coefficient (Wildman–Crippen LogP) is 3.36. The molecule has 100 valence electrons. The number of rotatable bonds is 3. The summed E-state index contributed by atoms with van der Waals surface area (Å²) in [4.78, 5) is 0. The van der Waals surface area contributed by atoms with Crippen molar-refractivity contribution in [1.82, 2.24) is 0 Å². The Morgan fingerprint density at radius 1 is 1.00 bits per heavy atom. The Bertz CT molecular complexity index is 739. The predicted molar refractivity (Wildman–Crippen MR) is 78.4 cm³/mol. The van der Waals surface area contributed by atoms with Crippen molar-refractivity contribution in [3.63, 3.8) is 0 Å². The maximum absolute atomic E-state index is 12.0. The van der Waals surface area contributed by atoms with Gasteiger partial charge in [-0.2, -0.15) is 4.73 Å². The number of ether oxygens (including phenoxy) is 1. The second-order valence-corrected chi connectivity index (χ2v) is 4.74. The fourth-order valence-electron chi connectivity index (χ4n) is 2.23. The summed E-state index contributed by atoms with van der Waals surface area (Å²) in [6, 6.07) is 19.3. The number of pyridine rings is 1. The highest BCUT2D eigenvalue weighted by Crippen LogP contribution is 2.24. The Hall–Kier alpha value is -2.55. The summed E-state index contributed by atoms with van der Waals surface area (Å²) in [5.74, 6) is 0.744. The lowest BCUT2D eigenvalue weighted by atomic mass is 10.2. The van der Waals surface area contributed by atoms with Crippen LogP contribution >= 0.6 is 0 Å². The van der Waals surface area contributed by atoms with E-state index in [-0.39, 0.29) is 0 Å². The Morgan fingerprint density at radius 2 is 1.70 bits per heavy atom. The molecular weight excluding hydrogens is 250 g/mol. The summed E-state index contributed by atoms with van der Waals surface area (Å²) < 4.78 is 6.82. The summed E-state index contributed by atoms with van der Waals surface area (Å²) in [5, 5.41) is 12.9. The second-order valence-electron chi connectivity index (χ2n) is 4.74. The molecule has 0 N–H and O–H groups in total. The lowest BCUT2D eigenvalue weighted by Crippen LogP contribution is -2.30. The SMILES string of the molecule is Cc1cc(OCc2ccccc2)c2ccccc2[n+]1[O-]. The Balaban J connectivity index is 1.97. The first kappa shape index (κ1) is 12.5. The van der Waals surface area contributed by atoms with Crippen molar-refractivity contribution in [1.29, 1.82) is 0 Å². The van der Waals surface area contributed by atoms with E-state index < -0.39 is 0 Å². The van der Waals surface area contributed by atoms with Gasteiger partial charge in [-0.1, -0.05) is 42.5 Å². The van der Waals surface area contributed by atoms with Crippen LogP contribution in [0.3, 0.4) is 0 Å². The van der Waals surface area contributed by atoms with E-state index in [1.165, 1.54) is 0 Å². The average Bonchev–Trinajstić information content (AvgIpc) is 2.50. The zero-order valence-corrected chi connectivity index (χ0v) is 11.2. The van der Waals surface area contributed by atoms with E-state index in [1.807, 2.05) is 54.6 Å². The highest BCUT2D eigenvalue weighted by atomic mass is 16.5. The van der Waals surface area contributed by atoms with Crippen molar-refractivity contribution < 1.29 is 9.47 Å². The standard InChI is InChI=1S/C17H15NO2/c1-13-11-17(20-12-14-7-3-2-4-8-14)15-9-5-6-10-16(15)18(13)19/h2-11H,12H2,1H3. The van der Waals surface area contributed by atoms with Gasteiger partial charge in [-0.3, -0.25) is 0 Å². The van der Waals surface area contributed by atoms with Crippen LogP contribution in [0.25, 0.3) is 10.9 Å². The minimum atomic E-state index is 0.493. The molecular formula is C17H15NO2. The van der Waals surface area contributed by atoms with Crippen LogP contribution in [-0.4, -0.2) is 0 Å². The molecule has 0 bridgehead atoms. The van der Waals surface area contributed by atoms with Crippen molar-refractivity contribution in [3.8, 4) is 5.75 Å². The van der Waals surface area contributed by atoms with Crippen molar-refractivity contribution in [2.75, 3.05) is 0 Å². The van der Waals surface area contributed by atoms with Gasteiger partial charge in [0.25, 0.3) is 0 Å². The van der Waals surface area contributed by atoms with Crippen molar-refractivity contribution in [2.45, 2.75) is 13.5 Å². The van der Waals surface area contributed by atoms with Crippen LogP contribution in [-0.2, 0) is 6.61 Å². The van der Waals surface area contributed by atoms with Gasteiger partial charge < -0.3 is 9.94 Å².